The summed E-state index contributed by atoms with van der Waals surface area (Å²) in [6, 6.07) is 5.22. The van der Waals surface area contributed by atoms with E-state index in [1.165, 1.54) is 19.3 Å². The van der Waals surface area contributed by atoms with Gasteiger partial charge in [0, 0.05) is 11.1 Å². The van der Waals surface area contributed by atoms with Gasteiger partial charge in [-0.25, -0.2) is 0 Å². The summed E-state index contributed by atoms with van der Waals surface area (Å²) in [6.07, 6.45) is 3.68. The Morgan fingerprint density at radius 2 is 2.00 bits per heavy atom. The molecule has 4 heteroatoms. The van der Waals surface area contributed by atoms with Crippen LogP contribution in [0.25, 0.3) is 0 Å². The van der Waals surface area contributed by atoms with Gasteiger partial charge in [0.25, 0.3) is 5.91 Å². The zero-order valence-corrected chi connectivity index (χ0v) is 14.2. The summed E-state index contributed by atoms with van der Waals surface area (Å²) in [7, 11) is 0. The van der Waals surface area contributed by atoms with Gasteiger partial charge in [-0.2, -0.15) is 0 Å². The van der Waals surface area contributed by atoms with Gasteiger partial charge in [0.05, 0.1) is 10.6 Å². The van der Waals surface area contributed by atoms with Gasteiger partial charge < -0.3 is 5.32 Å². The number of nitrogens with one attached hydrogen (secondary N) is 1. The summed E-state index contributed by atoms with van der Waals surface area (Å²) in [4.78, 5) is 12.6. The van der Waals surface area contributed by atoms with Crippen LogP contribution in [-0.2, 0) is 0 Å². The maximum absolute atomic E-state index is 12.6. The molecule has 0 heterocycles. The molecule has 114 valence electrons. The standard InChI is InChI=1S/C17H21Cl2NO/c1-16(2)10-6-7-17(3,9-10)15(16)20-14(21)12-5-4-11(18)8-13(12)19/h4-5,8,10,15H,6-7,9H2,1-3H3,(H,20,21)/t10-,15+,17+/m0/s1. The fourth-order valence-electron chi connectivity index (χ4n) is 4.54. The van der Waals surface area contributed by atoms with Crippen molar-refractivity contribution < 1.29 is 4.79 Å². The largest absolute Gasteiger partial charge is 0.348 e. The first-order valence-electron chi connectivity index (χ1n) is 7.50. The lowest BCUT2D eigenvalue weighted by Crippen LogP contribution is -2.52. The van der Waals surface area contributed by atoms with Crippen molar-refractivity contribution in [2.24, 2.45) is 16.7 Å². The van der Waals surface area contributed by atoms with E-state index in [2.05, 4.69) is 26.1 Å². The molecule has 0 aromatic heterocycles. The smallest absolute Gasteiger partial charge is 0.253 e. The van der Waals surface area contributed by atoms with Crippen LogP contribution in [0.1, 0.15) is 50.4 Å². The molecule has 21 heavy (non-hydrogen) atoms. The van der Waals surface area contributed by atoms with Crippen molar-refractivity contribution in [3.05, 3.63) is 33.8 Å². The highest BCUT2D eigenvalue weighted by molar-refractivity contribution is 6.36. The van der Waals surface area contributed by atoms with Gasteiger partial charge in [-0.05, 0) is 54.2 Å². The third kappa shape index (κ3) is 2.37. The van der Waals surface area contributed by atoms with Crippen LogP contribution in [0.2, 0.25) is 10.0 Å². The number of amides is 1. The van der Waals surface area contributed by atoms with Crippen LogP contribution in [0.4, 0.5) is 0 Å². The van der Waals surface area contributed by atoms with E-state index in [0.29, 0.717) is 21.5 Å². The molecule has 2 bridgehead atoms. The number of benzene rings is 1. The lowest BCUT2D eigenvalue weighted by atomic mass is 9.68. The van der Waals surface area contributed by atoms with Crippen LogP contribution >= 0.6 is 23.2 Å². The first kappa shape index (κ1) is 15.2. The SMILES string of the molecule is CC1(C)[C@H]2CC[C@](C)(C2)[C@@H]1NC(=O)c1ccc(Cl)cc1Cl. The van der Waals surface area contributed by atoms with E-state index in [1.54, 1.807) is 18.2 Å². The quantitative estimate of drug-likeness (QED) is 0.819. The van der Waals surface area contributed by atoms with Gasteiger partial charge in [0.15, 0.2) is 0 Å². The summed E-state index contributed by atoms with van der Waals surface area (Å²) in [6.45, 7) is 6.85. The van der Waals surface area contributed by atoms with E-state index < -0.39 is 0 Å². The second-order valence-corrected chi connectivity index (χ2v) is 8.29. The Kier molecular flexibility index (Phi) is 3.53. The van der Waals surface area contributed by atoms with Crippen LogP contribution in [0.15, 0.2) is 18.2 Å². The fraction of sp³-hybridized carbons (Fsp3) is 0.588. The maximum atomic E-state index is 12.6. The van der Waals surface area contributed by atoms with Crippen LogP contribution < -0.4 is 5.32 Å². The molecule has 2 aliphatic carbocycles. The minimum absolute atomic E-state index is 0.0940. The van der Waals surface area contributed by atoms with Crippen molar-refractivity contribution in [1.29, 1.82) is 0 Å². The molecule has 2 nitrogen and oxygen atoms in total. The monoisotopic (exact) mass is 325 g/mol. The second-order valence-electron chi connectivity index (χ2n) is 7.45. The average molecular weight is 326 g/mol. The highest BCUT2D eigenvalue weighted by Crippen LogP contribution is 2.62. The van der Waals surface area contributed by atoms with Gasteiger partial charge in [-0.1, -0.05) is 44.0 Å². The average Bonchev–Trinajstić information content (AvgIpc) is 2.85. The number of carbonyl (C=O) groups excluding carboxylic acids is 1. The Hall–Kier alpha value is -0.730. The Bertz CT molecular complexity index is 594. The molecule has 0 saturated heterocycles. The van der Waals surface area contributed by atoms with Gasteiger partial charge in [0.1, 0.15) is 0 Å². The van der Waals surface area contributed by atoms with Crippen molar-refractivity contribution in [2.75, 3.05) is 0 Å². The van der Waals surface area contributed by atoms with Gasteiger partial charge in [-0.15, -0.1) is 0 Å². The van der Waals surface area contributed by atoms with E-state index in [-0.39, 0.29) is 22.8 Å². The maximum Gasteiger partial charge on any atom is 0.253 e. The highest BCUT2D eigenvalue weighted by atomic mass is 35.5. The molecule has 3 rings (SSSR count). The summed E-state index contributed by atoms with van der Waals surface area (Å²) >= 11 is 12.0. The number of hydrogen-bond donors (Lipinski definition) is 1. The number of carbonyl (C=O) groups is 1. The van der Waals surface area contributed by atoms with Crippen LogP contribution in [0.3, 0.4) is 0 Å². The molecule has 1 amide bonds. The van der Waals surface area contributed by atoms with Crippen molar-refractivity contribution in [3.63, 3.8) is 0 Å². The Morgan fingerprint density at radius 3 is 2.57 bits per heavy atom. The first-order chi connectivity index (χ1) is 9.74. The van der Waals surface area contributed by atoms with Crippen molar-refractivity contribution >= 4 is 29.1 Å². The molecule has 1 N–H and O–H groups in total. The van der Waals surface area contributed by atoms with E-state index in [0.717, 1.165) is 0 Å². The third-order valence-electron chi connectivity index (χ3n) is 5.72. The number of fused-ring (bicyclic) bond motifs is 2. The predicted octanol–water partition coefficient (Wildman–Crippen LogP) is 4.94. The minimum atomic E-state index is -0.0940. The molecule has 1 aromatic carbocycles. The van der Waals surface area contributed by atoms with Gasteiger partial charge >= 0.3 is 0 Å². The molecule has 0 unspecified atom stereocenters. The Balaban J connectivity index is 1.85. The molecule has 0 aliphatic heterocycles. The summed E-state index contributed by atoms with van der Waals surface area (Å²) in [5.41, 5.74) is 0.854. The Morgan fingerprint density at radius 1 is 1.29 bits per heavy atom. The normalized spacial score (nSPS) is 33.2. The number of rotatable bonds is 2. The molecule has 2 saturated carbocycles. The minimum Gasteiger partial charge on any atom is -0.348 e. The Labute approximate surface area is 136 Å². The number of halogens is 2. The van der Waals surface area contributed by atoms with Crippen LogP contribution in [0, 0.1) is 16.7 Å². The molecule has 2 fully saturated rings. The lowest BCUT2D eigenvalue weighted by Gasteiger charge is -2.43. The number of hydrogen-bond acceptors (Lipinski definition) is 1. The summed E-state index contributed by atoms with van der Waals surface area (Å²) < 4.78 is 0. The van der Waals surface area contributed by atoms with Gasteiger partial charge in [0.2, 0.25) is 0 Å². The zero-order valence-electron chi connectivity index (χ0n) is 12.7. The first-order valence-corrected chi connectivity index (χ1v) is 8.25. The molecule has 1 aromatic rings. The molecule has 0 spiro atoms. The van der Waals surface area contributed by atoms with Gasteiger partial charge in [-0.3, -0.25) is 4.79 Å². The van der Waals surface area contributed by atoms with E-state index >= 15 is 0 Å². The topological polar surface area (TPSA) is 29.1 Å². The van der Waals surface area contributed by atoms with E-state index in [9.17, 15) is 4.79 Å². The van der Waals surface area contributed by atoms with Crippen molar-refractivity contribution in [2.45, 2.75) is 46.1 Å². The lowest BCUT2D eigenvalue weighted by molar-refractivity contribution is 0.0737. The molecule has 3 atom stereocenters. The van der Waals surface area contributed by atoms with E-state index in [4.69, 9.17) is 23.2 Å². The molecular weight excluding hydrogens is 305 g/mol. The molecular formula is C17H21Cl2NO. The summed E-state index contributed by atoms with van der Waals surface area (Å²) in [5.74, 6) is 0.608. The second kappa shape index (κ2) is 4.89. The third-order valence-corrected chi connectivity index (χ3v) is 6.27. The predicted molar refractivity (Wildman–Crippen MR) is 86.9 cm³/mol. The van der Waals surface area contributed by atoms with Crippen molar-refractivity contribution in [1.82, 2.24) is 5.32 Å². The van der Waals surface area contributed by atoms with Crippen LogP contribution in [0.5, 0.6) is 0 Å². The van der Waals surface area contributed by atoms with Crippen LogP contribution in [-0.4, -0.2) is 11.9 Å². The van der Waals surface area contributed by atoms with E-state index in [1.807, 2.05) is 0 Å². The van der Waals surface area contributed by atoms with Crippen molar-refractivity contribution in [3.8, 4) is 0 Å². The molecule has 2 aliphatic rings. The zero-order chi connectivity index (χ0) is 15.4. The summed E-state index contributed by atoms with van der Waals surface area (Å²) in [5, 5.41) is 4.20. The highest BCUT2D eigenvalue weighted by Gasteiger charge is 2.59. The fourth-order valence-corrected chi connectivity index (χ4v) is 5.04. The molecule has 0 radical (unpaired) electrons.